The molecule has 0 spiro atoms. The summed E-state index contributed by atoms with van der Waals surface area (Å²) < 4.78 is 1.80. The number of nitrogens with zero attached hydrogens (tertiary/aromatic N) is 2. The summed E-state index contributed by atoms with van der Waals surface area (Å²) >= 11 is 0. The molecule has 0 aromatic carbocycles. The van der Waals surface area contributed by atoms with Crippen molar-refractivity contribution in [2.75, 3.05) is 0 Å². The van der Waals surface area contributed by atoms with Crippen molar-refractivity contribution >= 4 is 0 Å². The van der Waals surface area contributed by atoms with Crippen LogP contribution in [0.15, 0.2) is 12.3 Å². The summed E-state index contributed by atoms with van der Waals surface area (Å²) in [6, 6.07) is 2.00. The van der Waals surface area contributed by atoms with E-state index in [1.165, 1.54) is 19.3 Å². The van der Waals surface area contributed by atoms with Crippen molar-refractivity contribution in [2.45, 2.75) is 31.8 Å². The molecule has 1 aromatic rings. The SMILES string of the molecule is Cn1ccc(CC(O)C2C3CCCC32)n1. The van der Waals surface area contributed by atoms with E-state index in [0.717, 1.165) is 24.0 Å². The lowest BCUT2D eigenvalue weighted by molar-refractivity contribution is 0.134. The van der Waals surface area contributed by atoms with E-state index < -0.39 is 0 Å². The molecule has 1 aromatic heterocycles. The van der Waals surface area contributed by atoms with Crippen LogP contribution in [0.4, 0.5) is 0 Å². The Morgan fingerprint density at radius 1 is 1.53 bits per heavy atom. The molecule has 0 aliphatic heterocycles. The number of aromatic nitrogens is 2. The number of hydrogen-bond donors (Lipinski definition) is 1. The molecule has 0 amide bonds. The van der Waals surface area contributed by atoms with Gasteiger partial charge in [0.05, 0.1) is 11.8 Å². The molecule has 3 rings (SSSR count). The lowest BCUT2D eigenvalue weighted by Gasteiger charge is -2.10. The summed E-state index contributed by atoms with van der Waals surface area (Å²) in [7, 11) is 1.92. The molecule has 3 heteroatoms. The van der Waals surface area contributed by atoms with Gasteiger partial charge in [-0.1, -0.05) is 6.42 Å². The van der Waals surface area contributed by atoms with Crippen LogP contribution in [0.2, 0.25) is 0 Å². The van der Waals surface area contributed by atoms with Gasteiger partial charge in [0.25, 0.3) is 0 Å². The molecular weight excluding hydrogens is 188 g/mol. The van der Waals surface area contributed by atoms with Crippen molar-refractivity contribution < 1.29 is 5.11 Å². The molecule has 3 atom stereocenters. The third kappa shape index (κ3) is 1.59. The highest BCUT2D eigenvalue weighted by Crippen LogP contribution is 2.59. The predicted molar refractivity (Wildman–Crippen MR) is 57.2 cm³/mol. The Morgan fingerprint density at radius 2 is 2.27 bits per heavy atom. The number of fused-ring (bicyclic) bond motifs is 1. The molecule has 0 bridgehead atoms. The summed E-state index contributed by atoms with van der Waals surface area (Å²) in [5.41, 5.74) is 1.02. The Kier molecular flexibility index (Phi) is 2.09. The lowest BCUT2D eigenvalue weighted by atomic mass is 10.0. The van der Waals surface area contributed by atoms with Gasteiger partial charge in [-0.2, -0.15) is 5.10 Å². The molecule has 1 N–H and O–H groups in total. The zero-order valence-electron chi connectivity index (χ0n) is 9.13. The maximum Gasteiger partial charge on any atom is 0.0650 e. The topological polar surface area (TPSA) is 38.0 Å². The average molecular weight is 206 g/mol. The van der Waals surface area contributed by atoms with Crippen LogP contribution in [-0.4, -0.2) is 21.0 Å². The maximum atomic E-state index is 10.1. The van der Waals surface area contributed by atoms with E-state index in [0.29, 0.717) is 5.92 Å². The van der Waals surface area contributed by atoms with E-state index in [4.69, 9.17) is 0 Å². The van der Waals surface area contributed by atoms with Gasteiger partial charge in [-0.3, -0.25) is 4.68 Å². The second-order valence-corrected chi connectivity index (χ2v) is 5.09. The van der Waals surface area contributed by atoms with Crippen LogP contribution in [0.5, 0.6) is 0 Å². The molecule has 2 aliphatic rings. The summed E-state index contributed by atoms with van der Waals surface area (Å²) in [5.74, 6) is 2.26. The number of aliphatic hydroxyl groups excluding tert-OH is 1. The Bertz CT molecular complexity index is 350. The van der Waals surface area contributed by atoms with Crippen molar-refractivity contribution in [3.05, 3.63) is 18.0 Å². The Hall–Kier alpha value is -0.830. The minimum absolute atomic E-state index is 0.157. The minimum Gasteiger partial charge on any atom is -0.392 e. The number of aliphatic hydroxyl groups is 1. The van der Waals surface area contributed by atoms with Gasteiger partial charge in [0, 0.05) is 19.7 Å². The van der Waals surface area contributed by atoms with Crippen molar-refractivity contribution in [1.29, 1.82) is 0 Å². The van der Waals surface area contributed by atoms with Crippen LogP contribution < -0.4 is 0 Å². The fourth-order valence-corrected chi connectivity index (χ4v) is 3.37. The molecule has 3 nitrogen and oxygen atoms in total. The first-order chi connectivity index (χ1) is 7.25. The Labute approximate surface area is 90.1 Å². The van der Waals surface area contributed by atoms with Gasteiger partial charge in [0.1, 0.15) is 0 Å². The standard InChI is InChI=1S/C12H18N2O/c1-14-6-5-8(13-14)7-11(15)12-9-3-2-4-10(9)12/h5-6,9-12,15H,2-4,7H2,1H3. The minimum atomic E-state index is -0.157. The third-order valence-corrected chi connectivity index (χ3v) is 4.10. The first-order valence-corrected chi connectivity index (χ1v) is 5.92. The fraction of sp³-hybridized carbons (Fsp3) is 0.750. The summed E-state index contributed by atoms with van der Waals surface area (Å²) in [5, 5.41) is 14.4. The van der Waals surface area contributed by atoms with Gasteiger partial charge >= 0.3 is 0 Å². The zero-order valence-corrected chi connectivity index (χ0v) is 9.13. The molecule has 2 saturated carbocycles. The highest BCUT2D eigenvalue weighted by Gasteiger charge is 2.55. The van der Waals surface area contributed by atoms with Crippen molar-refractivity contribution in [3.8, 4) is 0 Å². The van der Waals surface area contributed by atoms with E-state index in [-0.39, 0.29) is 6.10 Å². The van der Waals surface area contributed by atoms with Gasteiger partial charge in [0.2, 0.25) is 0 Å². The molecular formula is C12H18N2O. The van der Waals surface area contributed by atoms with Gasteiger partial charge in [-0.25, -0.2) is 0 Å². The summed E-state index contributed by atoms with van der Waals surface area (Å²) in [6.07, 6.45) is 6.58. The van der Waals surface area contributed by atoms with E-state index in [1.54, 1.807) is 4.68 Å². The molecule has 2 aliphatic carbocycles. The van der Waals surface area contributed by atoms with Gasteiger partial charge < -0.3 is 5.11 Å². The van der Waals surface area contributed by atoms with Crippen LogP contribution >= 0.6 is 0 Å². The Morgan fingerprint density at radius 3 is 2.87 bits per heavy atom. The first-order valence-electron chi connectivity index (χ1n) is 5.92. The second kappa shape index (κ2) is 3.34. The van der Waals surface area contributed by atoms with E-state index in [2.05, 4.69) is 5.10 Å². The van der Waals surface area contributed by atoms with Gasteiger partial charge in [-0.15, -0.1) is 0 Å². The van der Waals surface area contributed by atoms with Crippen molar-refractivity contribution in [1.82, 2.24) is 9.78 Å². The largest absolute Gasteiger partial charge is 0.392 e. The predicted octanol–water partition coefficient (Wildman–Crippen LogP) is 1.37. The molecule has 1 heterocycles. The normalized spacial score (nSPS) is 35.2. The number of hydrogen-bond acceptors (Lipinski definition) is 2. The van der Waals surface area contributed by atoms with Gasteiger partial charge in [0.15, 0.2) is 0 Å². The highest BCUT2D eigenvalue weighted by atomic mass is 16.3. The first kappa shape index (κ1) is 9.40. The smallest absolute Gasteiger partial charge is 0.0650 e. The van der Waals surface area contributed by atoms with Crippen LogP contribution in [0.1, 0.15) is 25.0 Å². The van der Waals surface area contributed by atoms with Crippen LogP contribution in [0.3, 0.4) is 0 Å². The Balaban J connectivity index is 1.60. The monoisotopic (exact) mass is 206 g/mol. The van der Waals surface area contributed by atoms with Crippen LogP contribution in [0, 0.1) is 17.8 Å². The lowest BCUT2D eigenvalue weighted by Crippen LogP contribution is -2.16. The molecule has 0 radical (unpaired) electrons. The highest BCUT2D eigenvalue weighted by molar-refractivity contribution is 5.08. The maximum absolute atomic E-state index is 10.1. The average Bonchev–Trinajstić information content (AvgIpc) is 2.60. The van der Waals surface area contributed by atoms with Crippen molar-refractivity contribution in [3.63, 3.8) is 0 Å². The molecule has 15 heavy (non-hydrogen) atoms. The van der Waals surface area contributed by atoms with E-state index >= 15 is 0 Å². The molecule has 2 fully saturated rings. The van der Waals surface area contributed by atoms with E-state index in [9.17, 15) is 5.11 Å². The number of rotatable bonds is 3. The summed E-state index contributed by atoms with van der Waals surface area (Å²) in [6.45, 7) is 0. The van der Waals surface area contributed by atoms with Gasteiger partial charge in [-0.05, 0) is 36.7 Å². The molecule has 82 valence electrons. The van der Waals surface area contributed by atoms with E-state index in [1.807, 2.05) is 19.3 Å². The quantitative estimate of drug-likeness (QED) is 0.811. The third-order valence-electron chi connectivity index (χ3n) is 4.10. The zero-order chi connectivity index (χ0) is 10.4. The second-order valence-electron chi connectivity index (χ2n) is 5.09. The van der Waals surface area contributed by atoms with Crippen molar-refractivity contribution in [2.24, 2.45) is 24.8 Å². The fourth-order valence-electron chi connectivity index (χ4n) is 3.37. The molecule has 0 saturated heterocycles. The molecule has 3 unspecified atom stereocenters. The van der Waals surface area contributed by atoms with Crippen LogP contribution in [-0.2, 0) is 13.5 Å². The van der Waals surface area contributed by atoms with Crippen LogP contribution in [0.25, 0.3) is 0 Å². The summed E-state index contributed by atoms with van der Waals surface area (Å²) in [4.78, 5) is 0. The number of aryl methyl sites for hydroxylation is 1.